The van der Waals surface area contributed by atoms with Crippen LogP contribution in [0.3, 0.4) is 0 Å². The van der Waals surface area contributed by atoms with Gasteiger partial charge in [0.1, 0.15) is 5.75 Å². The lowest BCUT2D eigenvalue weighted by atomic mass is 10.1. The van der Waals surface area contributed by atoms with Crippen molar-refractivity contribution in [1.82, 2.24) is 4.90 Å². The average Bonchev–Trinajstić information content (AvgIpc) is 3.02. The maximum absolute atomic E-state index is 12.5. The highest BCUT2D eigenvalue weighted by molar-refractivity contribution is 6.30. The van der Waals surface area contributed by atoms with Gasteiger partial charge in [0.15, 0.2) is 11.5 Å². The number of ether oxygens (including phenoxy) is 3. The maximum Gasteiger partial charge on any atom is 0.231 e. The molecule has 6 heteroatoms. The SMILES string of the molecule is COc1ccc(Cl)cc1CC(=O)N(C)Cc1ccc2c(c1)OCO2. The first-order valence-electron chi connectivity index (χ1n) is 7.51. The fourth-order valence-electron chi connectivity index (χ4n) is 2.58. The van der Waals surface area contributed by atoms with E-state index in [9.17, 15) is 4.79 Å². The number of likely N-dealkylation sites (N-methyl/N-ethyl adjacent to an activating group) is 1. The number of carbonyl (C=O) groups is 1. The van der Waals surface area contributed by atoms with Gasteiger partial charge in [0.2, 0.25) is 12.7 Å². The van der Waals surface area contributed by atoms with Gasteiger partial charge in [0, 0.05) is 24.2 Å². The summed E-state index contributed by atoms with van der Waals surface area (Å²) in [5, 5.41) is 0.581. The molecule has 0 N–H and O–H groups in total. The van der Waals surface area contributed by atoms with Gasteiger partial charge in [-0.1, -0.05) is 17.7 Å². The first-order valence-corrected chi connectivity index (χ1v) is 7.89. The second-order valence-corrected chi connectivity index (χ2v) is 6.01. The van der Waals surface area contributed by atoms with Gasteiger partial charge >= 0.3 is 0 Å². The zero-order chi connectivity index (χ0) is 17.1. The number of halogens is 1. The van der Waals surface area contributed by atoms with E-state index in [-0.39, 0.29) is 19.1 Å². The molecule has 0 radical (unpaired) electrons. The highest BCUT2D eigenvalue weighted by Gasteiger charge is 2.17. The Kier molecular flexibility index (Phi) is 4.81. The summed E-state index contributed by atoms with van der Waals surface area (Å²) in [6.45, 7) is 0.723. The van der Waals surface area contributed by atoms with Crippen LogP contribution < -0.4 is 14.2 Å². The van der Waals surface area contributed by atoms with Crippen LogP contribution in [0.4, 0.5) is 0 Å². The van der Waals surface area contributed by atoms with Crippen LogP contribution >= 0.6 is 11.6 Å². The summed E-state index contributed by atoms with van der Waals surface area (Å²) in [5.41, 5.74) is 1.75. The summed E-state index contributed by atoms with van der Waals surface area (Å²) in [6, 6.07) is 10.9. The average molecular weight is 348 g/mol. The van der Waals surface area contributed by atoms with Gasteiger partial charge < -0.3 is 19.1 Å². The number of rotatable bonds is 5. The molecule has 0 bridgehead atoms. The van der Waals surface area contributed by atoms with Crippen LogP contribution in [0.2, 0.25) is 5.02 Å². The van der Waals surface area contributed by atoms with Gasteiger partial charge in [-0.05, 0) is 35.9 Å². The lowest BCUT2D eigenvalue weighted by Gasteiger charge is -2.18. The van der Waals surface area contributed by atoms with E-state index in [1.54, 1.807) is 37.3 Å². The van der Waals surface area contributed by atoms with E-state index in [0.717, 1.165) is 16.9 Å². The third-order valence-electron chi connectivity index (χ3n) is 3.87. The zero-order valence-electron chi connectivity index (χ0n) is 13.5. The van der Waals surface area contributed by atoms with Crippen molar-refractivity contribution in [2.24, 2.45) is 0 Å². The topological polar surface area (TPSA) is 48.0 Å². The Bertz CT molecular complexity index is 763. The Balaban J connectivity index is 1.68. The summed E-state index contributed by atoms with van der Waals surface area (Å²) in [4.78, 5) is 14.2. The number of hydrogen-bond acceptors (Lipinski definition) is 4. The third kappa shape index (κ3) is 3.57. The fraction of sp³-hybridized carbons (Fsp3) is 0.278. The van der Waals surface area contributed by atoms with Gasteiger partial charge in [-0.2, -0.15) is 0 Å². The number of fused-ring (bicyclic) bond motifs is 1. The summed E-state index contributed by atoms with van der Waals surface area (Å²) in [6.07, 6.45) is 0.227. The monoisotopic (exact) mass is 347 g/mol. The van der Waals surface area contributed by atoms with Crippen LogP contribution in [-0.2, 0) is 17.8 Å². The smallest absolute Gasteiger partial charge is 0.231 e. The molecule has 0 fully saturated rings. The third-order valence-corrected chi connectivity index (χ3v) is 4.10. The molecule has 1 aliphatic rings. The van der Waals surface area contributed by atoms with Crippen molar-refractivity contribution in [2.75, 3.05) is 21.0 Å². The quantitative estimate of drug-likeness (QED) is 0.832. The molecule has 1 amide bonds. The summed E-state index contributed by atoms with van der Waals surface area (Å²) in [5.74, 6) is 2.08. The zero-order valence-corrected chi connectivity index (χ0v) is 14.3. The first kappa shape index (κ1) is 16.5. The fourth-order valence-corrected chi connectivity index (χ4v) is 2.78. The van der Waals surface area contributed by atoms with Crippen LogP contribution in [0.1, 0.15) is 11.1 Å². The van der Waals surface area contributed by atoms with E-state index < -0.39 is 0 Å². The lowest BCUT2D eigenvalue weighted by Crippen LogP contribution is -2.27. The molecule has 2 aromatic rings. The summed E-state index contributed by atoms with van der Waals surface area (Å²) < 4.78 is 15.9. The van der Waals surface area contributed by atoms with Gasteiger partial charge in [-0.3, -0.25) is 4.79 Å². The van der Waals surface area contributed by atoms with Crippen molar-refractivity contribution in [3.8, 4) is 17.2 Å². The van der Waals surface area contributed by atoms with Crippen molar-refractivity contribution >= 4 is 17.5 Å². The van der Waals surface area contributed by atoms with Crippen molar-refractivity contribution < 1.29 is 19.0 Å². The van der Waals surface area contributed by atoms with Crippen molar-refractivity contribution in [3.63, 3.8) is 0 Å². The largest absolute Gasteiger partial charge is 0.496 e. The first-order chi connectivity index (χ1) is 11.6. The molecule has 0 unspecified atom stereocenters. The molecule has 1 aliphatic heterocycles. The number of benzene rings is 2. The van der Waals surface area contributed by atoms with Crippen LogP contribution in [0.25, 0.3) is 0 Å². The summed E-state index contributed by atoms with van der Waals surface area (Å²) in [7, 11) is 3.34. The molecule has 24 heavy (non-hydrogen) atoms. The van der Waals surface area contributed by atoms with E-state index in [4.69, 9.17) is 25.8 Å². The van der Waals surface area contributed by atoms with Crippen molar-refractivity contribution in [2.45, 2.75) is 13.0 Å². The standard InChI is InChI=1S/C18H18ClNO4/c1-20(10-12-3-5-16-17(7-12)24-11-23-16)18(21)9-13-8-14(19)4-6-15(13)22-2/h3-8H,9-11H2,1-2H3. The Labute approximate surface area is 145 Å². The van der Waals surface area contributed by atoms with E-state index in [1.807, 2.05) is 18.2 Å². The second kappa shape index (κ2) is 7.01. The van der Waals surface area contributed by atoms with E-state index in [1.165, 1.54) is 0 Å². The molecule has 0 atom stereocenters. The minimum absolute atomic E-state index is 0.0202. The predicted molar refractivity (Wildman–Crippen MR) is 90.7 cm³/mol. The van der Waals surface area contributed by atoms with Crippen molar-refractivity contribution in [3.05, 3.63) is 52.5 Å². The molecule has 0 aromatic heterocycles. The normalized spacial score (nSPS) is 12.1. The van der Waals surface area contributed by atoms with E-state index in [2.05, 4.69) is 0 Å². The summed E-state index contributed by atoms with van der Waals surface area (Å²) >= 11 is 6.01. The Morgan fingerprint density at radius 1 is 1.21 bits per heavy atom. The number of methoxy groups -OCH3 is 1. The van der Waals surface area contributed by atoms with Gasteiger partial charge in [-0.25, -0.2) is 0 Å². The maximum atomic E-state index is 12.5. The highest BCUT2D eigenvalue weighted by atomic mass is 35.5. The number of nitrogens with zero attached hydrogens (tertiary/aromatic N) is 1. The van der Waals surface area contributed by atoms with Crippen molar-refractivity contribution in [1.29, 1.82) is 0 Å². The predicted octanol–water partition coefficient (Wildman–Crippen LogP) is 3.28. The van der Waals surface area contributed by atoms with Crippen LogP contribution in [-0.4, -0.2) is 31.8 Å². The number of hydrogen-bond donors (Lipinski definition) is 0. The molecular formula is C18H18ClNO4. The molecule has 126 valence electrons. The second-order valence-electron chi connectivity index (χ2n) is 5.57. The molecule has 3 rings (SSSR count). The molecule has 1 heterocycles. The molecular weight excluding hydrogens is 330 g/mol. The lowest BCUT2D eigenvalue weighted by molar-refractivity contribution is -0.129. The Hall–Kier alpha value is -2.40. The van der Waals surface area contributed by atoms with Gasteiger partial charge in [0.25, 0.3) is 0 Å². The minimum Gasteiger partial charge on any atom is -0.496 e. The number of carbonyl (C=O) groups excluding carboxylic acids is 1. The highest BCUT2D eigenvalue weighted by Crippen LogP contribution is 2.32. The van der Waals surface area contributed by atoms with Gasteiger partial charge in [0.05, 0.1) is 13.5 Å². The van der Waals surface area contributed by atoms with E-state index >= 15 is 0 Å². The van der Waals surface area contributed by atoms with E-state index in [0.29, 0.717) is 23.1 Å². The number of amides is 1. The van der Waals surface area contributed by atoms with Crippen LogP contribution in [0.5, 0.6) is 17.2 Å². The van der Waals surface area contributed by atoms with Crippen LogP contribution in [0, 0.1) is 0 Å². The Morgan fingerprint density at radius 2 is 2.00 bits per heavy atom. The minimum atomic E-state index is -0.0202. The van der Waals surface area contributed by atoms with Crippen LogP contribution in [0.15, 0.2) is 36.4 Å². The molecule has 0 saturated heterocycles. The molecule has 0 saturated carbocycles. The molecule has 0 aliphatic carbocycles. The Morgan fingerprint density at radius 3 is 2.79 bits per heavy atom. The molecule has 0 spiro atoms. The molecule has 2 aromatic carbocycles. The molecule has 5 nitrogen and oxygen atoms in total. The van der Waals surface area contributed by atoms with Gasteiger partial charge in [-0.15, -0.1) is 0 Å².